The highest BCUT2D eigenvalue weighted by Gasteiger charge is 2.15. The lowest BCUT2D eigenvalue weighted by Gasteiger charge is -2.28. The number of nitrogens with one attached hydrogen (secondary N) is 2. The van der Waals surface area contributed by atoms with Crippen LogP contribution in [0.5, 0.6) is 0 Å². The second-order valence-corrected chi connectivity index (χ2v) is 7.50. The maximum atomic E-state index is 12.5. The van der Waals surface area contributed by atoms with E-state index in [9.17, 15) is 4.79 Å². The number of anilines is 4. The summed E-state index contributed by atoms with van der Waals surface area (Å²) < 4.78 is 10.7. The van der Waals surface area contributed by atoms with Crippen LogP contribution in [-0.2, 0) is 4.74 Å². The van der Waals surface area contributed by atoms with Crippen LogP contribution in [0.4, 0.5) is 22.9 Å². The Morgan fingerprint density at radius 1 is 0.939 bits per heavy atom. The number of carbonyl (C=O) groups excluding carboxylic acids is 1. The van der Waals surface area contributed by atoms with Gasteiger partial charge in [0.2, 0.25) is 0 Å². The molecule has 1 aliphatic heterocycles. The van der Waals surface area contributed by atoms with E-state index in [1.54, 1.807) is 24.4 Å². The highest BCUT2D eigenvalue weighted by Crippen LogP contribution is 2.23. The summed E-state index contributed by atoms with van der Waals surface area (Å²) in [6.07, 6.45) is 1.75. The van der Waals surface area contributed by atoms with Crippen molar-refractivity contribution < 1.29 is 14.1 Å². The Hall–Kier alpha value is -4.24. The molecule has 5 rings (SSSR count). The van der Waals surface area contributed by atoms with E-state index in [2.05, 4.69) is 30.9 Å². The molecular weight excluding hydrogens is 420 g/mol. The topological polar surface area (TPSA) is 105 Å². The van der Waals surface area contributed by atoms with Gasteiger partial charge in [-0.05, 0) is 24.3 Å². The first-order valence-corrected chi connectivity index (χ1v) is 10.6. The van der Waals surface area contributed by atoms with E-state index >= 15 is 0 Å². The number of hydrogen-bond donors (Lipinski definition) is 2. The second-order valence-electron chi connectivity index (χ2n) is 7.50. The summed E-state index contributed by atoms with van der Waals surface area (Å²) in [5.74, 6) is 0.846. The Balaban J connectivity index is 1.21. The average molecular weight is 442 g/mol. The highest BCUT2D eigenvalue weighted by molar-refractivity contribution is 6.03. The van der Waals surface area contributed by atoms with Crippen LogP contribution in [0.3, 0.4) is 0 Å². The minimum atomic E-state index is -0.342. The van der Waals surface area contributed by atoms with Crippen molar-refractivity contribution in [1.82, 2.24) is 15.4 Å². The molecule has 0 saturated carbocycles. The number of hydrogen-bond acceptors (Lipinski definition) is 8. The maximum Gasteiger partial charge on any atom is 0.277 e. The van der Waals surface area contributed by atoms with Crippen LogP contribution in [0.1, 0.15) is 10.5 Å². The Morgan fingerprint density at radius 2 is 1.70 bits per heavy atom. The fourth-order valence-corrected chi connectivity index (χ4v) is 3.51. The SMILES string of the molecule is O=C(Nc1ccc(Nc2cc(N3CCOCC3)cnn2)cc1)c1cc(-c2ccccc2)on1. The molecule has 33 heavy (non-hydrogen) atoms. The van der Waals surface area contributed by atoms with Gasteiger partial charge in [0, 0.05) is 42.2 Å². The standard InChI is InChI=1S/C24H22N6O3/c31-24(21-15-22(33-29-21)17-4-2-1-3-5-17)27-19-8-6-18(7-9-19)26-23-14-20(16-25-28-23)30-10-12-32-13-11-30/h1-9,14-16H,10-13H2,(H,26,28)(H,27,31). The Morgan fingerprint density at radius 3 is 2.48 bits per heavy atom. The van der Waals surface area contributed by atoms with Crippen LogP contribution in [0.15, 0.2) is 77.4 Å². The van der Waals surface area contributed by atoms with Gasteiger partial charge in [-0.25, -0.2) is 0 Å². The zero-order valence-corrected chi connectivity index (χ0v) is 17.8. The van der Waals surface area contributed by atoms with Crippen molar-refractivity contribution in [3.8, 4) is 11.3 Å². The largest absolute Gasteiger partial charge is 0.378 e. The fourth-order valence-electron chi connectivity index (χ4n) is 3.51. The van der Waals surface area contributed by atoms with E-state index in [1.165, 1.54) is 0 Å². The number of rotatable bonds is 6. The minimum absolute atomic E-state index is 0.214. The van der Waals surface area contributed by atoms with Crippen LogP contribution in [0.2, 0.25) is 0 Å². The van der Waals surface area contributed by atoms with Crippen LogP contribution < -0.4 is 15.5 Å². The van der Waals surface area contributed by atoms with Gasteiger partial charge in [0.05, 0.1) is 25.1 Å². The highest BCUT2D eigenvalue weighted by atomic mass is 16.5. The quantitative estimate of drug-likeness (QED) is 0.462. The van der Waals surface area contributed by atoms with Crippen LogP contribution in [-0.4, -0.2) is 47.6 Å². The third kappa shape index (κ3) is 4.99. The molecule has 0 atom stereocenters. The van der Waals surface area contributed by atoms with Crippen molar-refractivity contribution in [3.63, 3.8) is 0 Å². The predicted octanol–water partition coefficient (Wildman–Crippen LogP) is 3.96. The zero-order chi connectivity index (χ0) is 22.5. The summed E-state index contributed by atoms with van der Waals surface area (Å²) in [6.45, 7) is 3.08. The molecule has 4 aromatic rings. The van der Waals surface area contributed by atoms with Gasteiger partial charge in [0.15, 0.2) is 17.3 Å². The van der Waals surface area contributed by atoms with E-state index in [4.69, 9.17) is 9.26 Å². The van der Waals surface area contributed by atoms with Crippen molar-refractivity contribution in [2.75, 3.05) is 41.8 Å². The number of aromatic nitrogens is 3. The molecule has 2 aromatic heterocycles. The van der Waals surface area contributed by atoms with Gasteiger partial charge in [-0.15, -0.1) is 5.10 Å². The molecule has 0 radical (unpaired) electrons. The summed E-state index contributed by atoms with van der Waals surface area (Å²) in [6, 6.07) is 20.4. The lowest BCUT2D eigenvalue weighted by atomic mass is 10.1. The summed E-state index contributed by atoms with van der Waals surface area (Å²) >= 11 is 0. The molecule has 166 valence electrons. The molecule has 0 bridgehead atoms. The number of benzene rings is 2. The smallest absolute Gasteiger partial charge is 0.277 e. The Labute approximate surface area is 190 Å². The first-order chi connectivity index (χ1) is 16.2. The van der Waals surface area contributed by atoms with Gasteiger partial charge in [-0.1, -0.05) is 35.5 Å². The van der Waals surface area contributed by atoms with E-state index in [0.29, 0.717) is 30.5 Å². The van der Waals surface area contributed by atoms with Crippen molar-refractivity contribution in [2.24, 2.45) is 0 Å². The molecule has 1 aliphatic rings. The third-order valence-corrected chi connectivity index (χ3v) is 5.23. The number of carbonyl (C=O) groups is 1. The maximum absolute atomic E-state index is 12.5. The summed E-state index contributed by atoms with van der Waals surface area (Å²) in [5.41, 5.74) is 3.55. The van der Waals surface area contributed by atoms with Gasteiger partial charge in [-0.2, -0.15) is 5.10 Å². The van der Waals surface area contributed by atoms with Gasteiger partial charge in [0.25, 0.3) is 5.91 Å². The number of morpholine rings is 1. The first kappa shape index (κ1) is 20.7. The van der Waals surface area contributed by atoms with Gasteiger partial charge >= 0.3 is 0 Å². The summed E-state index contributed by atoms with van der Waals surface area (Å²) in [5, 5.41) is 18.2. The number of nitrogens with zero attached hydrogens (tertiary/aromatic N) is 4. The molecule has 1 saturated heterocycles. The van der Waals surface area contributed by atoms with E-state index < -0.39 is 0 Å². The molecular formula is C24H22N6O3. The van der Waals surface area contributed by atoms with E-state index in [0.717, 1.165) is 30.0 Å². The van der Waals surface area contributed by atoms with Gasteiger partial charge < -0.3 is 24.8 Å². The minimum Gasteiger partial charge on any atom is -0.378 e. The fraction of sp³-hybridized carbons (Fsp3) is 0.167. The molecule has 2 aromatic carbocycles. The summed E-state index contributed by atoms with van der Waals surface area (Å²) in [4.78, 5) is 14.8. The third-order valence-electron chi connectivity index (χ3n) is 5.23. The molecule has 2 N–H and O–H groups in total. The van der Waals surface area contributed by atoms with E-state index in [-0.39, 0.29) is 11.6 Å². The average Bonchev–Trinajstić information content (AvgIpc) is 3.37. The molecule has 0 spiro atoms. The van der Waals surface area contributed by atoms with Crippen LogP contribution >= 0.6 is 0 Å². The van der Waals surface area contributed by atoms with Crippen molar-refractivity contribution >= 4 is 28.8 Å². The Kier molecular flexibility index (Phi) is 5.94. The lowest BCUT2D eigenvalue weighted by molar-refractivity contribution is 0.101. The monoisotopic (exact) mass is 442 g/mol. The van der Waals surface area contributed by atoms with Crippen molar-refractivity contribution in [1.29, 1.82) is 0 Å². The normalized spacial score (nSPS) is 13.5. The van der Waals surface area contributed by atoms with Crippen LogP contribution in [0.25, 0.3) is 11.3 Å². The molecule has 1 amide bonds. The number of ether oxygens (including phenoxy) is 1. The first-order valence-electron chi connectivity index (χ1n) is 10.6. The lowest BCUT2D eigenvalue weighted by Crippen LogP contribution is -2.36. The molecule has 9 nitrogen and oxygen atoms in total. The van der Waals surface area contributed by atoms with Crippen molar-refractivity contribution in [3.05, 3.63) is 78.6 Å². The Bertz CT molecular complexity index is 1220. The van der Waals surface area contributed by atoms with Gasteiger partial charge in [0.1, 0.15) is 0 Å². The summed E-state index contributed by atoms with van der Waals surface area (Å²) in [7, 11) is 0. The number of amides is 1. The predicted molar refractivity (Wildman–Crippen MR) is 125 cm³/mol. The second kappa shape index (κ2) is 9.49. The molecule has 1 fully saturated rings. The van der Waals surface area contributed by atoms with Gasteiger partial charge in [-0.3, -0.25) is 4.79 Å². The van der Waals surface area contributed by atoms with Crippen LogP contribution in [0, 0.1) is 0 Å². The molecule has 0 unspecified atom stereocenters. The molecule has 9 heteroatoms. The molecule has 3 heterocycles. The van der Waals surface area contributed by atoms with Crippen molar-refractivity contribution in [2.45, 2.75) is 0 Å². The molecule has 0 aliphatic carbocycles. The zero-order valence-electron chi connectivity index (χ0n) is 17.8. The van der Waals surface area contributed by atoms with E-state index in [1.807, 2.05) is 48.5 Å².